The van der Waals surface area contributed by atoms with Crippen molar-refractivity contribution in [3.8, 4) is 26.8 Å². The highest BCUT2D eigenvalue weighted by atomic mass is 32.1. The first-order valence-corrected chi connectivity index (χ1v) is 7.43. The van der Waals surface area contributed by atoms with Crippen LogP contribution in [0.4, 0.5) is 10.3 Å². The highest BCUT2D eigenvalue weighted by molar-refractivity contribution is 7.21. The van der Waals surface area contributed by atoms with E-state index < -0.39 is 0 Å². The number of nitrogens with zero attached hydrogens (tertiary/aromatic N) is 2. The molecule has 0 saturated carbocycles. The summed E-state index contributed by atoms with van der Waals surface area (Å²) in [5.74, 6) is 0.787. The van der Waals surface area contributed by atoms with Gasteiger partial charge in [-0.15, -0.1) is 0 Å². The van der Waals surface area contributed by atoms with Crippen LogP contribution in [0.2, 0.25) is 0 Å². The van der Waals surface area contributed by atoms with E-state index in [9.17, 15) is 0 Å². The summed E-state index contributed by atoms with van der Waals surface area (Å²) in [6.45, 7) is 0. The van der Waals surface area contributed by atoms with Gasteiger partial charge in [-0.2, -0.15) is 0 Å². The summed E-state index contributed by atoms with van der Waals surface area (Å²) in [7, 11) is 1.65. The molecule has 1 aromatic carbocycles. The molecule has 0 amide bonds. The maximum absolute atomic E-state index is 5.87. The number of para-hydroxylation sites is 1. The van der Waals surface area contributed by atoms with Gasteiger partial charge < -0.3 is 16.2 Å². The lowest BCUT2D eigenvalue weighted by molar-refractivity contribution is 0.416. The Kier molecular flexibility index (Phi) is 3.29. The van der Waals surface area contributed by atoms with Gasteiger partial charge in [-0.1, -0.05) is 34.8 Å². The number of nitrogen functional groups attached to an aromatic ring is 2. The fourth-order valence-corrected chi connectivity index (χ4v) is 3.54. The average molecular weight is 304 g/mol. The number of rotatable bonds is 3. The number of ether oxygens (including phenoxy) is 1. The van der Waals surface area contributed by atoms with Crippen LogP contribution in [-0.2, 0) is 0 Å². The molecule has 3 aromatic rings. The lowest BCUT2D eigenvalue weighted by Crippen LogP contribution is -1.87. The quantitative estimate of drug-likeness (QED) is 0.776. The van der Waals surface area contributed by atoms with Gasteiger partial charge in [-0.05, 0) is 12.1 Å². The summed E-state index contributed by atoms with van der Waals surface area (Å²) in [6.07, 6.45) is 1.72. The van der Waals surface area contributed by atoms with Gasteiger partial charge in [0.05, 0.1) is 16.9 Å². The van der Waals surface area contributed by atoms with Gasteiger partial charge in [-0.25, -0.2) is 9.97 Å². The molecule has 0 unspecified atom stereocenters. The van der Waals surface area contributed by atoms with Gasteiger partial charge in [-0.3, -0.25) is 0 Å². The first-order chi connectivity index (χ1) is 9.69. The van der Waals surface area contributed by atoms with Gasteiger partial charge in [0.15, 0.2) is 10.3 Å². The molecular weight excluding hydrogens is 292 g/mol. The molecule has 3 rings (SSSR count). The Morgan fingerprint density at radius 1 is 1.10 bits per heavy atom. The zero-order valence-electron chi connectivity index (χ0n) is 10.7. The summed E-state index contributed by atoms with van der Waals surface area (Å²) >= 11 is 2.82. The normalized spacial score (nSPS) is 10.7. The molecule has 2 heterocycles. The molecule has 5 nitrogen and oxygen atoms in total. The van der Waals surface area contributed by atoms with Crippen molar-refractivity contribution in [3.63, 3.8) is 0 Å². The van der Waals surface area contributed by atoms with Crippen molar-refractivity contribution in [2.75, 3.05) is 18.6 Å². The fraction of sp³-hybridized carbons (Fsp3) is 0.0769. The summed E-state index contributed by atoms with van der Waals surface area (Å²) in [4.78, 5) is 10.3. The number of methoxy groups -OCH3 is 1. The van der Waals surface area contributed by atoms with Crippen molar-refractivity contribution < 1.29 is 4.74 Å². The second-order valence-electron chi connectivity index (χ2n) is 3.99. The van der Waals surface area contributed by atoms with Gasteiger partial charge >= 0.3 is 0 Å². The molecule has 20 heavy (non-hydrogen) atoms. The zero-order chi connectivity index (χ0) is 14.1. The molecule has 0 bridgehead atoms. The molecule has 0 fully saturated rings. The molecule has 0 aliphatic carbocycles. The first-order valence-electron chi connectivity index (χ1n) is 5.80. The monoisotopic (exact) mass is 304 g/mol. The Labute approximate surface area is 123 Å². The third-order valence-corrected chi connectivity index (χ3v) is 4.50. The lowest BCUT2D eigenvalue weighted by Gasteiger charge is -2.06. The van der Waals surface area contributed by atoms with Crippen LogP contribution in [0.15, 0.2) is 30.5 Å². The number of benzene rings is 1. The molecule has 102 valence electrons. The maximum Gasteiger partial charge on any atom is 0.181 e. The average Bonchev–Trinajstić information content (AvgIpc) is 3.04. The maximum atomic E-state index is 5.87. The first kappa shape index (κ1) is 12.9. The van der Waals surface area contributed by atoms with E-state index in [1.165, 1.54) is 22.7 Å². The summed E-state index contributed by atoms with van der Waals surface area (Å²) in [5, 5.41) is 1.02. The standard InChI is InChI=1S/C13H12N4OS2/c1-18-8-5-3-2-4-7(8)11-10(17-13(15)20-11)9-6-16-12(14)19-9/h2-6H,1H3,(H2,14,16)(H2,15,17). The van der Waals surface area contributed by atoms with E-state index in [2.05, 4.69) is 9.97 Å². The van der Waals surface area contributed by atoms with Gasteiger partial charge in [0, 0.05) is 11.8 Å². The van der Waals surface area contributed by atoms with E-state index in [4.69, 9.17) is 16.2 Å². The zero-order valence-corrected chi connectivity index (χ0v) is 12.3. The van der Waals surface area contributed by atoms with Crippen LogP contribution in [0.3, 0.4) is 0 Å². The minimum absolute atomic E-state index is 0.507. The van der Waals surface area contributed by atoms with E-state index >= 15 is 0 Å². The minimum atomic E-state index is 0.507. The minimum Gasteiger partial charge on any atom is -0.496 e. The Hall–Kier alpha value is -2.12. The smallest absolute Gasteiger partial charge is 0.181 e. The van der Waals surface area contributed by atoms with Crippen LogP contribution in [0.25, 0.3) is 21.0 Å². The fourth-order valence-electron chi connectivity index (χ4n) is 1.92. The summed E-state index contributed by atoms with van der Waals surface area (Å²) in [6, 6.07) is 7.78. The van der Waals surface area contributed by atoms with Gasteiger partial charge in [0.25, 0.3) is 0 Å². The molecule has 0 aliphatic heterocycles. The van der Waals surface area contributed by atoms with Crippen molar-refractivity contribution in [1.82, 2.24) is 9.97 Å². The van der Waals surface area contributed by atoms with Crippen LogP contribution >= 0.6 is 22.7 Å². The van der Waals surface area contributed by atoms with E-state index in [-0.39, 0.29) is 0 Å². The van der Waals surface area contributed by atoms with E-state index in [1.807, 2.05) is 24.3 Å². The number of aromatic nitrogens is 2. The van der Waals surface area contributed by atoms with Gasteiger partial charge in [0.2, 0.25) is 0 Å². The molecule has 0 saturated heterocycles. The van der Waals surface area contributed by atoms with E-state index in [0.29, 0.717) is 10.3 Å². The number of nitrogens with two attached hydrogens (primary N) is 2. The highest BCUT2D eigenvalue weighted by Crippen LogP contribution is 2.43. The molecule has 2 aromatic heterocycles. The second-order valence-corrected chi connectivity index (χ2v) is 6.09. The molecule has 0 spiro atoms. The molecule has 4 N–H and O–H groups in total. The Balaban J connectivity index is 2.19. The largest absolute Gasteiger partial charge is 0.496 e. The Morgan fingerprint density at radius 2 is 1.90 bits per heavy atom. The van der Waals surface area contributed by atoms with Crippen molar-refractivity contribution in [2.45, 2.75) is 0 Å². The van der Waals surface area contributed by atoms with Crippen LogP contribution in [-0.4, -0.2) is 17.1 Å². The van der Waals surface area contributed by atoms with Crippen LogP contribution in [0.1, 0.15) is 0 Å². The van der Waals surface area contributed by atoms with Crippen LogP contribution in [0, 0.1) is 0 Å². The molecule has 7 heteroatoms. The van der Waals surface area contributed by atoms with Crippen molar-refractivity contribution in [3.05, 3.63) is 30.5 Å². The molecular formula is C13H12N4OS2. The third kappa shape index (κ3) is 2.21. The number of hydrogen-bond acceptors (Lipinski definition) is 7. The van der Waals surface area contributed by atoms with Crippen LogP contribution < -0.4 is 16.2 Å². The molecule has 0 aliphatic rings. The van der Waals surface area contributed by atoms with Crippen molar-refractivity contribution >= 4 is 32.9 Å². The molecule has 0 radical (unpaired) electrons. The van der Waals surface area contributed by atoms with E-state index in [1.54, 1.807) is 13.3 Å². The van der Waals surface area contributed by atoms with E-state index in [0.717, 1.165) is 26.8 Å². The number of hydrogen-bond donors (Lipinski definition) is 2. The summed E-state index contributed by atoms with van der Waals surface area (Å²) in [5.41, 5.74) is 13.3. The number of thiazole rings is 2. The number of anilines is 2. The topological polar surface area (TPSA) is 87.0 Å². The Bertz CT molecular complexity index is 750. The second kappa shape index (κ2) is 5.10. The third-order valence-electron chi connectivity index (χ3n) is 2.75. The lowest BCUT2D eigenvalue weighted by atomic mass is 10.1. The van der Waals surface area contributed by atoms with Crippen molar-refractivity contribution in [1.29, 1.82) is 0 Å². The highest BCUT2D eigenvalue weighted by Gasteiger charge is 2.18. The van der Waals surface area contributed by atoms with Gasteiger partial charge in [0.1, 0.15) is 11.4 Å². The van der Waals surface area contributed by atoms with Crippen LogP contribution in [0.5, 0.6) is 5.75 Å². The molecule has 0 atom stereocenters. The predicted octanol–water partition coefficient (Wildman–Crippen LogP) is 3.11. The Morgan fingerprint density at radius 3 is 2.60 bits per heavy atom. The summed E-state index contributed by atoms with van der Waals surface area (Å²) < 4.78 is 5.41. The van der Waals surface area contributed by atoms with Crippen molar-refractivity contribution in [2.24, 2.45) is 0 Å². The SMILES string of the molecule is COc1ccccc1-c1sc(N)nc1-c1cnc(N)s1. The predicted molar refractivity (Wildman–Crippen MR) is 84.0 cm³/mol.